The summed E-state index contributed by atoms with van der Waals surface area (Å²) in [5.74, 6) is 0.776. The lowest BCUT2D eigenvalue weighted by molar-refractivity contribution is 0.119. The van der Waals surface area contributed by atoms with Gasteiger partial charge in [0.25, 0.3) is 0 Å². The minimum atomic E-state index is -0.200. The third kappa shape index (κ3) is 5.95. The lowest BCUT2D eigenvalue weighted by Gasteiger charge is -2.37. The molecule has 2 aliphatic heterocycles. The van der Waals surface area contributed by atoms with Gasteiger partial charge in [-0.2, -0.15) is 0 Å². The van der Waals surface area contributed by atoms with E-state index in [0.717, 1.165) is 64.5 Å². The van der Waals surface area contributed by atoms with Crippen LogP contribution in [0.15, 0.2) is 36.0 Å². The third-order valence-corrected chi connectivity index (χ3v) is 4.88. The van der Waals surface area contributed by atoms with Crippen LogP contribution >= 0.6 is 0 Å². The number of hydrogen-bond donors (Lipinski definition) is 2. The van der Waals surface area contributed by atoms with Crippen molar-refractivity contribution in [2.75, 3.05) is 52.4 Å². The van der Waals surface area contributed by atoms with Crippen molar-refractivity contribution in [1.82, 2.24) is 20.0 Å². The molecule has 148 valence electrons. The molecule has 0 saturated carbocycles. The van der Waals surface area contributed by atoms with E-state index in [1.807, 2.05) is 0 Å². The first-order valence-electron chi connectivity index (χ1n) is 10.1. The molecule has 0 aromatic heterocycles. The Labute approximate surface area is 159 Å². The monoisotopic (exact) mass is 363 g/mol. The van der Waals surface area contributed by atoms with Crippen molar-refractivity contribution in [2.24, 2.45) is 5.73 Å². The molecule has 2 aliphatic rings. The molecule has 1 fully saturated rings. The molecule has 26 heavy (non-hydrogen) atoms. The van der Waals surface area contributed by atoms with Crippen LogP contribution in [0.2, 0.25) is 0 Å². The van der Waals surface area contributed by atoms with Gasteiger partial charge >= 0.3 is 0 Å². The molecule has 0 amide bonds. The summed E-state index contributed by atoms with van der Waals surface area (Å²) in [5.41, 5.74) is 8.52. The highest BCUT2D eigenvalue weighted by Gasteiger charge is 2.19. The molecule has 1 unspecified atom stereocenters. The van der Waals surface area contributed by atoms with E-state index in [4.69, 9.17) is 10.5 Å². The van der Waals surface area contributed by atoms with E-state index in [1.54, 1.807) is 0 Å². The van der Waals surface area contributed by atoms with Crippen molar-refractivity contribution >= 4 is 0 Å². The maximum Gasteiger partial charge on any atom is 0.190 e. The molecule has 3 N–H and O–H groups in total. The molecule has 0 aliphatic carbocycles. The van der Waals surface area contributed by atoms with Gasteiger partial charge < -0.3 is 25.6 Å². The number of nitrogens with one attached hydrogen (secondary N) is 1. The quantitative estimate of drug-likeness (QED) is 0.618. The van der Waals surface area contributed by atoms with E-state index in [0.29, 0.717) is 6.61 Å². The van der Waals surface area contributed by atoms with Gasteiger partial charge in [0, 0.05) is 63.3 Å². The van der Waals surface area contributed by atoms with E-state index in [-0.39, 0.29) is 6.17 Å². The molecule has 1 saturated heterocycles. The first kappa shape index (κ1) is 20.6. The number of nitrogens with two attached hydrogens (primary N) is 1. The topological polar surface area (TPSA) is 57.0 Å². The van der Waals surface area contributed by atoms with Crippen molar-refractivity contribution in [3.05, 3.63) is 36.0 Å². The summed E-state index contributed by atoms with van der Waals surface area (Å²) in [6.45, 7) is 18.5. The van der Waals surface area contributed by atoms with Crippen molar-refractivity contribution in [3.8, 4) is 0 Å². The fourth-order valence-electron chi connectivity index (χ4n) is 3.52. The summed E-state index contributed by atoms with van der Waals surface area (Å²) in [5, 5.41) is 3.22. The summed E-state index contributed by atoms with van der Waals surface area (Å²) in [7, 11) is 0. The van der Waals surface area contributed by atoms with E-state index < -0.39 is 0 Å². The molecular formula is C20H37N5O. The van der Waals surface area contributed by atoms with Crippen LogP contribution in [0.3, 0.4) is 0 Å². The second kappa shape index (κ2) is 10.5. The maximum absolute atomic E-state index is 6.15. The Morgan fingerprint density at radius 3 is 2.62 bits per heavy atom. The smallest absolute Gasteiger partial charge is 0.190 e. The lowest BCUT2D eigenvalue weighted by Crippen LogP contribution is -2.45. The minimum Gasteiger partial charge on any atom is -0.478 e. The molecular weight excluding hydrogens is 326 g/mol. The van der Waals surface area contributed by atoms with Crippen LogP contribution in [0, 0.1) is 0 Å². The van der Waals surface area contributed by atoms with Crippen molar-refractivity contribution in [3.63, 3.8) is 0 Å². The van der Waals surface area contributed by atoms with Crippen LogP contribution in [0.25, 0.3) is 0 Å². The lowest BCUT2D eigenvalue weighted by atomic mass is 10.2. The molecule has 0 bridgehead atoms. The zero-order chi connectivity index (χ0) is 18.9. The minimum absolute atomic E-state index is 0.200. The number of ether oxygens (including phenoxy) is 1. The van der Waals surface area contributed by atoms with Crippen LogP contribution in [-0.4, -0.2) is 73.3 Å². The fraction of sp³-hybridized carbons (Fsp3) is 0.700. The van der Waals surface area contributed by atoms with Gasteiger partial charge in [0.2, 0.25) is 0 Å². The highest BCUT2D eigenvalue weighted by atomic mass is 16.5. The average Bonchev–Trinajstić information content (AvgIpc) is 2.61. The Morgan fingerprint density at radius 1 is 1.27 bits per heavy atom. The van der Waals surface area contributed by atoms with Crippen LogP contribution in [0.5, 0.6) is 0 Å². The number of piperazine rings is 1. The van der Waals surface area contributed by atoms with Gasteiger partial charge in [-0.15, -0.1) is 0 Å². The molecule has 6 nitrogen and oxygen atoms in total. The zero-order valence-corrected chi connectivity index (χ0v) is 16.8. The normalized spacial score (nSPS) is 21.2. The van der Waals surface area contributed by atoms with E-state index >= 15 is 0 Å². The second-order valence-corrected chi connectivity index (χ2v) is 7.03. The van der Waals surface area contributed by atoms with Gasteiger partial charge in [0.15, 0.2) is 5.88 Å². The van der Waals surface area contributed by atoms with Crippen LogP contribution in [0.4, 0.5) is 0 Å². The number of rotatable bonds is 10. The van der Waals surface area contributed by atoms with Crippen LogP contribution < -0.4 is 11.1 Å². The molecule has 0 aromatic rings. The number of likely N-dealkylation sites (N-methyl/N-ethyl adjacent to an activating group) is 1. The highest BCUT2D eigenvalue weighted by Crippen LogP contribution is 2.16. The summed E-state index contributed by atoms with van der Waals surface area (Å²) in [4.78, 5) is 7.13. The van der Waals surface area contributed by atoms with E-state index in [1.165, 1.54) is 11.4 Å². The number of dihydropyridines is 1. The maximum atomic E-state index is 6.15. The molecule has 0 radical (unpaired) electrons. The predicted molar refractivity (Wildman–Crippen MR) is 108 cm³/mol. The van der Waals surface area contributed by atoms with Gasteiger partial charge in [-0.1, -0.05) is 20.4 Å². The Hall–Kier alpha value is -1.66. The third-order valence-electron chi connectivity index (χ3n) is 4.88. The van der Waals surface area contributed by atoms with Gasteiger partial charge in [0.05, 0.1) is 6.17 Å². The average molecular weight is 364 g/mol. The van der Waals surface area contributed by atoms with Gasteiger partial charge in [-0.25, -0.2) is 0 Å². The van der Waals surface area contributed by atoms with Gasteiger partial charge in [0.1, 0.15) is 6.61 Å². The molecule has 6 heteroatoms. The standard InChI is InChI=1S/C20H37N5O/c1-5-8-25(9-6-2)18-14-19(21)22-20(15-18)26-13-12-23-10-11-24(7-3)17(4)16-23/h14-15,19,22H,4-13,16,21H2,1-3H3. The van der Waals surface area contributed by atoms with Crippen LogP contribution in [0.1, 0.15) is 33.6 Å². The fourth-order valence-corrected chi connectivity index (χ4v) is 3.52. The molecule has 1 atom stereocenters. The largest absolute Gasteiger partial charge is 0.478 e. The Balaban J connectivity index is 1.84. The summed E-state index contributed by atoms with van der Waals surface area (Å²) in [6, 6.07) is 0. The van der Waals surface area contributed by atoms with Gasteiger partial charge in [-0.3, -0.25) is 4.90 Å². The first-order valence-corrected chi connectivity index (χ1v) is 10.1. The van der Waals surface area contributed by atoms with E-state index in [2.05, 4.69) is 59.5 Å². The highest BCUT2D eigenvalue weighted by molar-refractivity contribution is 5.26. The molecule has 0 aromatic carbocycles. The van der Waals surface area contributed by atoms with Crippen molar-refractivity contribution in [1.29, 1.82) is 0 Å². The summed E-state index contributed by atoms with van der Waals surface area (Å²) >= 11 is 0. The van der Waals surface area contributed by atoms with Crippen molar-refractivity contribution < 1.29 is 4.74 Å². The second-order valence-electron chi connectivity index (χ2n) is 7.03. The Bertz CT molecular complexity index is 510. The number of allylic oxidation sites excluding steroid dienone is 1. The Kier molecular flexibility index (Phi) is 8.32. The summed E-state index contributed by atoms with van der Waals surface area (Å²) in [6.07, 6.45) is 6.21. The summed E-state index contributed by atoms with van der Waals surface area (Å²) < 4.78 is 6.00. The van der Waals surface area contributed by atoms with Gasteiger partial charge in [-0.05, 0) is 25.8 Å². The zero-order valence-electron chi connectivity index (χ0n) is 16.8. The molecule has 0 spiro atoms. The number of hydrogen-bond acceptors (Lipinski definition) is 6. The predicted octanol–water partition coefficient (Wildman–Crippen LogP) is 1.89. The SMILES string of the molecule is C=C1CN(CCOC2=CC(N(CCC)CCC)=CC(N)N2)CCN1CC. The molecule has 2 rings (SSSR count). The first-order chi connectivity index (χ1) is 12.6. The van der Waals surface area contributed by atoms with Crippen molar-refractivity contribution in [2.45, 2.75) is 39.8 Å². The number of nitrogens with zero attached hydrogens (tertiary/aromatic N) is 3. The van der Waals surface area contributed by atoms with Crippen LogP contribution in [-0.2, 0) is 4.74 Å². The Morgan fingerprint density at radius 2 is 2.00 bits per heavy atom. The molecule has 2 heterocycles. The van der Waals surface area contributed by atoms with E-state index in [9.17, 15) is 0 Å².